The highest BCUT2D eigenvalue weighted by Gasteiger charge is 2.10. The van der Waals surface area contributed by atoms with Crippen LogP contribution in [0.25, 0.3) is 0 Å². The number of carboxylic acids is 1. The quantitative estimate of drug-likeness (QED) is 0.572. The summed E-state index contributed by atoms with van der Waals surface area (Å²) in [5.41, 5.74) is 4.97. The molecule has 0 aliphatic carbocycles. The lowest BCUT2D eigenvalue weighted by Crippen LogP contribution is -2.37. The predicted octanol–water partition coefficient (Wildman–Crippen LogP) is -0.342. The molecule has 0 aromatic rings. The number of carbonyl (C=O) groups excluding carboxylic acids is 1. The maximum Gasteiger partial charge on any atom is 0.317 e. The molecule has 0 bridgehead atoms. The van der Waals surface area contributed by atoms with Crippen molar-refractivity contribution >= 4 is 11.9 Å². The molecule has 0 aromatic heterocycles. The molecule has 0 unspecified atom stereocenters. The molecule has 5 heteroatoms. The van der Waals surface area contributed by atoms with Crippen LogP contribution in [0.15, 0.2) is 0 Å². The summed E-state index contributed by atoms with van der Waals surface area (Å²) >= 11 is 0. The minimum absolute atomic E-state index is 0.0201. The Morgan fingerprint density at radius 2 is 2.00 bits per heavy atom. The molecular weight excluding hydrogens is 172 g/mol. The van der Waals surface area contributed by atoms with Gasteiger partial charge in [0.2, 0.25) is 5.91 Å². The zero-order valence-corrected chi connectivity index (χ0v) is 7.82. The number of primary amides is 1. The second kappa shape index (κ2) is 6.42. The molecule has 0 saturated carbocycles. The zero-order chi connectivity index (χ0) is 10.3. The van der Waals surface area contributed by atoms with Crippen molar-refractivity contribution in [2.45, 2.75) is 19.8 Å². The number of amides is 1. The van der Waals surface area contributed by atoms with Gasteiger partial charge in [0, 0.05) is 0 Å². The number of rotatable bonds is 7. The average Bonchev–Trinajstić information content (AvgIpc) is 1.98. The molecule has 0 heterocycles. The largest absolute Gasteiger partial charge is 0.480 e. The van der Waals surface area contributed by atoms with Gasteiger partial charge in [-0.3, -0.25) is 14.5 Å². The van der Waals surface area contributed by atoms with Crippen molar-refractivity contribution < 1.29 is 14.7 Å². The summed E-state index contributed by atoms with van der Waals surface area (Å²) in [6.45, 7) is 2.50. The van der Waals surface area contributed by atoms with Crippen molar-refractivity contribution in [1.29, 1.82) is 0 Å². The number of carbonyl (C=O) groups is 2. The van der Waals surface area contributed by atoms with Crippen LogP contribution in [0, 0.1) is 0 Å². The van der Waals surface area contributed by atoms with E-state index in [1.165, 1.54) is 4.90 Å². The van der Waals surface area contributed by atoms with Crippen molar-refractivity contribution in [3.63, 3.8) is 0 Å². The van der Waals surface area contributed by atoms with Crippen molar-refractivity contribution in [1.82, 2.24) is 4.90 Å². The van der Waals surface area contributed by atoms with Crippen LogP contribution in [0.1, 0.15) is 19.8 Å². The van der Waals surface area contributed by atoms with Gasteiger partial charge in [-0.2, -0.15) is 0 Å². The first-order valence-electron chi connectivity index (χ1n) is 4.28. The van der Waals surface area contributed by atoms with Crippen molar-refractivity contribution in [2.75, 3.05) is 19.6 Å². The van der Waals surface area contributed by atoms with Gasteiger partial charge in [0.05, 0.1) is 13.1 Å². The summed E-state index contributed by atoms with van der Waals surface area (Å²) in [5.74, 6) is -1.42. The van der Waals surface area contributed by atoms with Gasteiger partial charge in [0.25, 0.3) is 0 Å². The van der Waals surface area contributed by atoms with E-state index in [1.807, 2.05) is 6.92 Å². The molecule has 0 aliphatic rings. The molecule has 0 aromatic carbocycles. The highest BCUT2D eigenvalue weighted by Crippen LogP contribution is 1.94. The second-order valence-electron chi connectivity index (χ2n) is 2.92. The first-order valence-corrected chi connectivity index (χ1v) is 4.28. The Morgan fingerprint density at radius 3 is 2.38 bits per heavy atom. The van der Waals surface area contributed by atoms with Crippen LogP contribution in [0.3, 0.4) is 0 Å². The lowest BCUT2D eigenvalue weighted by Gasteiger charge is -2.17. The summed E-state index contributed by atoms with van der Waals surface area (Å²) < 4.78 is 0. The molecule has 0 fully saturated rings. The zero-order valence-electron chi connectivity index (χ0n) is 7.82. The van der Waals surface area contributed by atoms with Crippen LogP contribution in [-0.4, -0.2) is 41.5 Å². The molecule has 0 spiro atoms. The minimum Gasteiger partial charge on any atom is -0.480 e. The molecule has 13 heavy (non-hydrogen) atoms. The molecule has 0 rings (SSSR count). The number of carboxylic acid groups (broad SMARTS) is 1. The van der Waals surface area contributed by atoms with Gasteiger partial charge in [-0.25, -0.2) is 0 Å². The molecule has 1 amide bonds. The van der Waals surface area contributed by atoms with Crippen LogP contribution in [0.4, 0.5) is 0 Å². The fourth-order valence-corrected chi connectivity index (χ4v) is 1.01. The highest BCUT2D eigenvalue weighted by molar-refractivity contribution is 5.77. The van der Waals surface area contributed by atoms with E-state index in [0.29, 0.717) is 6.54 Å². The Hall–Kier alpha value is -1.10. The van der Waals surface area contributed by atoms with Crippen LogP contribution < -0.4 is 5.73 Å². The van der Waals surface area contributed by atoms with Crippen LogP contribution >= 0.6 is 0 Å². The van der Waals surface area contributed by atoms with Crippen molar-refractivity contribution in [3.8, 4) is 0 Å². The maximum absolute atomic E-state index is 10.5. The predicted molar refractivity (Wildman–Crippen MR) is 48.2 cm³/mol. The Labute approximate surface area is 77.5 Å². The van der Waals surface area contributed by atoms with Crippen LogP contribution in [0.2, 0.25) is 0 Å². The molecule has 0 aliphatic heterocycles. The van der Waals surface area contributed by atoms with Crippen LogP contribution in [-0.2, 0) is 9.59 Å². The summed E-state index contributed by atoms with van der Waals surface area (Å²) in [7, 11) is 0. The lowest BCUT2D eigenvalue weighted by molar-refractivity contribution is -0.138. The van der Waals surface area contributed by atoms with E-state index in [4.69, 9.17) is 10.8 Å². The van der Waals surface area contributed by atoms with Gasteiger partial charge in [0.15, 0.2) is 0 Å². The van der Waals surface area contributed by atoms with E-state index in [9.17, 15) is 9.59 Å². The number of nitrogens with two attached hydrogens (primary N) is 1. The number of aliphatic carboxylic acids is 1. The highest BCUT2D eigenvalue weighted by atomic mass is 16.4. The summed E-state index contributed by atoms with van der Waals surface area (Å²) in [5, 5.41) is 8.50. The molecule has 0 radical (unpaired) electrons. The topological polar surface area (TPSA) is 83.6 Å². The van der Waals surface area contributed by atoms with E-state index in [1.54, 1.807) is 0 Å². The van der Waals surface area contributed by atoms with E-state index in [0.717, 1.165) is 12.8 Å². The van der Waals surface area contributed by atoms with Gasteiger partial charge >= 0.3 is 5.97 Å². The van der Waals surface area contributed by atoms with E-state index in [-0.39, 0.29) is 13.1 Å². The first-order chi connectivity index (χ1) is 6.06. The summed E-state index contributed by atoms with van der Waals surface area (Å²) in [6, 6.07) is 0. The van der Waals surface area contributed by atoms with E-state index >= 15 is 0 Å². The smallest absolute Gasteiger partial charge is 0.317 e. The van der Waals surface area contributed by atoms with Gasteiger partial charge in [-0.1, -0.05) is 13.3 Å². The Kier molecular flexibility index (Phi) is 5.88. The maximum atomic E-state index is 10.5. The fraction of sp³-hybridized carbons (Fsp3) is 0.750. The molecular formula is C8H16N2O3. The number of unbranched alkanes of at least 4 members (excludes halogenated alkanes) is 1. The number of nitrogens with zero attached hydrogens (tertiary/aromatic N) is 1. The Morgan fingerprint density at radius 1 is 1.38 bits per heavy atom. The molecule has 5 nitrogen and oxygen atoms in total. The summed E-state index contributed by atoms with van der Waals surface area (Å²) in [6.07, 6.45) is 1.84. The second-order valence-corrected chi connectivity index (χ2v) is 2.92. The average molecular weight is 188 g/mol. The van der Waals surface area contributed by atoms with Gasteiger partial charge in [-0.05, 0) is 13.0 Å². The molecule has 0 atom stereocenters. The minimum atomic E-state index is -0.933. The van der Waals surface area contributed by atoms with E-state index < -0.39 is 11.9 Å². The number of hydrogen-bond donors (Lipinski definition) is 2. The van der Waals surface area contributed by atoms with E-state index in [2.05, 4.69) is 0 Å². The normalized spacial score (nSPS) is 10.3. The third-order valence-corrected chi connectivity index (χ3v) is 1.57. The number of hydrogen-bond acceptors (Lipinski definition) is 3. The van der Waals surface area contributed by atoms with Gasteiger partial charge in [-0.15, -0.1) is 0 Å². The molecule has 0 saturated heterocycles. The lowest BCUT2D eigenvalue weighted by atomic mass is 10.3. The Balaban J connectivity index is 3.87. The van der Waals surface area contributed by atoms with Crippen molar-refractivity contribution in [3.05, 3.63) is 0 Å². The van der Waals surface area contributed by atoms with Gasteiger partial charge in [0.1, 0.15) is 0 Å². The first kappa shape index (κ1) is 11.9. The summed E-state index contributed by atoms with van der Waals surface area (Å²) in [4.78, 5) is 22.4. The standard InChI is InChI=1S/C8H16N2O3/c1-2-3-4-10(5-7(9)11)6-8(12)13/h2-6H2,1H3,(H2,9,11)(H,12,13). The fourth-order valence-electron chi connectivity index (χ4n) is 1.01. The van der Waals surface area contributed by atoms with Crippen LogP contribution in [0.5, 0.6) is 0 Å². The Bertz CT molecular complexity index is 166. The monoisotopic (exact) mass is 188 g/mol. The van der Waals surface area contributed by atoms with Crippen molar-refractivity contribution in [2.24, 2.45) is 5.73 Å². The third kappa shape index (κ3) is 7.27. The van der Waals surface area contributed by atoms with Gasteiger partial charge < -0.3 is 10.8 Å². The SMILES string of the molecule is CCCCN(CC(N)=O)CC(=O)O. The molecule has 3 N–H and O–H groups in total. The third-order valence-electron chi connectivity index (χ3n) is 1.57. The molecule has 76 valence electrons.